The Morgan fingerprint density at radius 2 is 2.00 bits per heavy atom. The quantitative estimate of drug-likeness (QED) is 0.918. The lowest BCUT2D eigenvalue weighted by Gasteiger charge is -2.35. The second kappa shape index (κ2) is 6.58. The number of carbonyl (C=O) groups is 1. The number of piperidine rings is 1. The van der Waals surface area contributed by atoms with Crippen molar-refractivity contribution >= 4 is 5.91 Å². The Kier molecular flexibility index (Phi) is 4.56. The molecule has 0 aliphatic carbocycles. The molecule has 21 heavy (non-hydrogen) atoms. The molecule has 0 spiro atoms. The van der Waals surface area contributed by atoms with Gasteiger partial charge in [0.2, 0.25) is 5.91 Å². The number of ether oxygens (including phenoxy) is 1. The Morgan fingerprint density at radius 1 is 1.29 bits per heavy atom. The molecule has 1 N–H and O–H groups in total. The number of amides is 1. The van der Waals surface area contributed by atoms with Crippen LogP contribution in [0.2, 0.25) is 0 Å². The number of rotatable bonds is 3. The summed E-state index contributed by atoms with van der Waals surface area (Å²) in [5.74, 6) is 0.875. The number of benzene rings is 1. The Hall–Kier alpha value is -1.39. The average molecular weight is 288 g/mol. The Labute approximate surface area is 126 Å². The molecule has 1 aromatic rings. The summed E-state index contributed by atoms with van der Waals surface area (Å²) in [7, 11) is 1.75. The molecule has 0 saturated carbocycles. The first-order valence-corrected chi connectivity index (χ1v) is 7.86. The van der Waals surface area contributed by atoms with E-state index in [0.717, 1.165) is 45.5 Å². The van der Waals surface area contributed by atoms with Crippen molar-refractivity contribution in [3.05, 3.63) is 35.4 Å². The number of hydrogen-bond acceptors (Lipinski definition) is 3. The number of hydrogen-bond donors (Lipinski definition) is 1. The smallest absolute Gasteiger partial charge is 0.240 e. The van der Waals surface area contributed by atoms with Crippen molar-refractivity contribution in [3.63, 3.8) is 0 Å². The predicted octanol–water partition coefficient (Wildman–Crippen LogP) is 1.59. The van der Waals surface area contributed by atoms with Gasteiger partial charge in [-0.2, -0.15) is 0 Å². The third kappa shape index (κ3) is 3.27. The van der Waals surface area contributed by atoms with Gasteiger partial charge < -0.3 is 15.0 Å². The highest BCUT2D eigenvalue weighted by molar-refractivity contribution is 5.82. The lowest BCUT2D eigenvalue weighted by atomic mass is 9.93. The number of fused-ring (bicyclic) bond motifs is 1. The number of nitrogens with zero attached hydrogens (tertiary/aromatic N) is 1. The molecule has 3 rings (SSSR count). The molecule has 1 saturated heterocycles. The molecule has 2 aliphatic heterocycles. The molecule has 0 radical (unpaired) electrons. The minimum atomic E-state index is -0.0566. The molecule has 1 amide bonds. The van der Waals surface area contributed by atoms with Crippen LogP contribution in [-0.2, 0) is 22.5 Å². The van der Waals surface area contributed by atoms with Gasteiger partial charge in [-0.3, -0.25) is 4.79 Å². The van der Waals surface area contributed by atoms with Gasteiger partial charge in [0.15, 0.2) is 0 Å². The monoisotopic (exact) mass is 288 g/mol. The lowest BCUT2D eigenvalue weighted by Crippen LogP contribution is -2.51. The molecule has 0 bridgehead atoms. The van der Waals surface area contributed by atoms with Crippen molar-refractivity contribution in [1.82, 2.24) is 10.2 Å². The summed E-state index contributed by atoms with van der Waals surface area (Å²) in [6.07, 6.45) is 2.93. The van der Waals surface area contributed by atoms with E-state index in [0.29, 0.717) is 5.92 Å². The van der Waals surface area contributed by atoms with E-state index in [1.54, 1.807) is 7.11 Å². The van der Waals surface area contributed by atoms with Crippen LogP contribution in [0.4, 0.5) is 0 Å². The van der Waals surface area contributed by atoms with Crippen LogP contribution < -0.4 is 5.32 Å². The van der Waals surface area contributed by atoms with Crippen molar-refractivity contribution < 1.29 is 9.53 Å². The summed E-state index contributed by atoms with van der Waals surface area (Å²) >= 11 is 0. The average Bonchev–Trinajstić information content (AvgIpc) is 2.55. The van der Waals surface area contributed by atoms with Crippen LogP contribution in [0.15, 0.2) is 24.3 Å². The van der Waals surface area contributed by atoms with E-state index < -0.39 is 0 Å². The van der Waals surface area contributed by atoms with Gasteiger partial charge in [0.1, 0.15) is 0 Å². The fourth-order valence-corrected chi connectivity index (χ4v) is 3.41. The number of carbonyl (C=O) groups excluding carboxylic acids is 1. The topological polar surface area (TPSA) is 41.6 Å². The van der Waals surface area contributed by atoms with E-state index in [-0.39, 0.29) is 11.9 Å². The van der Waals surface area contributed by atoms with Crippen LogP contribution in [0.5, 0.6) is 0 Å². The predicted molar refractivity (Wildman–Crippen MR) is 82.0 cm³/mol. The van der Waals surface area contributed by atoms with E-state index in [1.807, 2.05) is 4.90 Å². The molecule has 1 fully saturated rings. The highest BCUT2D eigenvalue weighted by atomic mass is 16.5. The van der Waals surface area contributed by atoms with Crippen LogP contribution in [0.3, 0.4) is 0 Å². The van der Waals surface area contributed by atoms with Gasteiger partial charge in [-0.1, -0.05) is 24.3 Å². The summed E-state index contributed by atoms with van der Waals surface area (Å²) < 4.78 is 5.22. The van der Waals surface area contributed by atoms with Gasteiger partial charge in [-0.05, 0) is 36.3 Å². The van der Waals surface area contributed by atoms with Crippen molar-refractivity contribution in [2.45, 2.75) is 31.8 Å². The number of likely N-dealkylation sites (tertiary alicyclic amines) is 1. The first kappa shape index (κ1) is 14.5. The van der Waals surface area contributed by atoms with Gasteiger partial charge in [-0.25, -0.2) is 0 Å². The Bertz CT molecular complexity index is 495. The molecule has 4 nitrogen and oxygen atoms in total. The summed E-state index contributed by atoms with van der Waals surface area (Å²) in [5, 5.41) is 3.39. The van der Waals surface area contributed by atoms with E-state index >= 15 is 0 Å². The fourth-order valence-electron chi connectivity index (χ4n) is 3.41. The van der Waals surface area contributed by atoms with Crippen molar-refractivity contribution in [2.75, 3.05) is 26.8 Å². The molecular weight excluding hydrogens is 264 g/mol. The minimum Gasteiger partial charge on any atom is -0.384 e. The standard InChI is InChI=1S/C17H24N2O2/c1-21-12-13-6-8-19(9-7-13)17(20)16-10-14-4-2-3-5-15(14)11-18-16/h2-5,13,16,18H,6-12H2,1H3/t16-/m1/s1. The third-order valence-electron chi connectivity index (χ3n) is 4.71. The first-order valence-electron chi connectivity index (χ1n) is 7.86. The van der Waals surface area contributed by atoms with Gasteiger partial charge in [0.25, 0.3) is 0 Å². The van der Waals surface area contributed by atoms with E-state index in [9.17, 15) is 4.79 Å². The maximum Gasteiger partial charge on any atom is 0.240 e. The second-order valence-electron chi connectivity index (χ2n) is 6.13. The minimum absolute atomic E-state index is 0.0566. The zero-order valence-electron chi connectivity index (χ0n) is 12.7. The molecule has 114 valence electrons. The van der Waals surface area contributed by atoms with Crippen LogP contribution >= 0.6 is 0 Å². The van der Waals surface area contributed by atoms with Crippen LogP contribution in [0.1, 0.15) is 24.0 Å². The molecule has 0 aromatic heterocycles. The van der Waals surface area contributed by atoms with Gasteiger partial charge >= 0.3 is 0 Å². The summed E-state index contributed by atoms with van der Waals surface area (Å²) in [5.41, 5.74) is 2.63. The molecule has 2 heterocycles. The Balaban J connectivity index is 1.57. The first-order chi connectivity index (χ1) is 10.3. The second-order valence-corrected chi connectivity index (χ2v) is 6.13. The molecule has 1 aromatic carbocycles. The van der Waals surface area contributed by atoms with Gasteiger partial charge in [0.05, 0.1) is 6.04 Å². The van der Waals surface area contributed by atoms with Crippen LogP contribution in [0, 0.1) is 5.92 Å². The molecule has 1 atom stereocenters. The van der Waals surface area contributed by atoms with E-state index in [1.165, 1.54) is 11.1 Å². The highest BCUT2D eigenvalue weighted by Crippen LogP contribution is 2.21. The van der Waals surface area contributed by atoms with Crippen molar-refractivity contribution in [1.29, 1.82) is 0 Å². The zero-order valence-corrected chi connectivity index (χ0v) is 12.7. The van der Waals surface area contributed by atoms with Crippen LogP contribution in [0.25, 0.3) is 0 Å². The SMILES string of the molecule is COCC1CCN(C(=O)[C@H]2Cc3ccccc3CN2)CC1. The van der Waals surface area contributed by atoms with E-state index in [2.05, 4.69) is 29.6 Å². The van der Waals surface area contributed by atoms with Gasteiger partial charge in [0, 0.05) is 33.4 Å². The van der Waals surface area contributed by atoms with E-state index in [4.69, 9.17) is 4.74 Å². The Morgan fingerprint density at radius 3 is 2.71 bits per heavy atom. The summed E-state index contributed by atoms with van der Waals surface area (Å²) in [6, 6.07) is 8.34. The molecule has 4 heteroatoms. The van der Waals surface area contributed by atoms with Crippen molar-refractivity contribution in [2.24, 2.45) is 5.92 Å². The normalized spacial score (nSPS) is 22.9. The van der Waals surface area contributed by atoms with Crippen LogP contribution in [-0.4, -0.2) is 43.7 Å². The molecule has 2 aliphatic rings. The third-order valence-corrected chi connectivity index (χ3v) is 4.71. The maximum absolute atomic E-state index is 12.7. The number of methoxy groups -OCH3 is 1. The molecule has 0 unspecified atom stereocenters. The highest BCUT2D eigenvalue weighted by Gasteiger charge is 2.30. The zero-order chi connectivity index (χ0) is 14.7. The molecular formula is C17H24N2O2. The maximum atomic E-state index is 12.7. The fraction of sp³-hybridized carbons (Fsp3) is 0.588. The summed E-state index contributed by atoms with van der Waals surface area (Å²) in [6.45, 7) is 3.35. The summed E-state index contributed by atoms with van der Waals surface area (Å²) in [4.78, 5) is 14.7. The number of nitrogens with one attached hydrogen (secondary N) is 1. The van der Waals surface area contributed by atoms with Gasteiger partial charge in [-0.15, -0.1) is 0 Å². The largest absolute Gasteiger partial charge is 0.384 e. The van der Waals surface area contributed by atoms with Crippen molar-refractivity contribution in [3.8, 4) is 0 Å². The lowest BCUT2D eigenvalue weighted by molar-refractivity contribution is -0.135.